The molecule has 98 valence electrons. The van der Waals surface area contributed by atoms with Gasteiger partial charge in [-0.15, -0.1) is 0 Å². The first kappa shape index (κ1) is 12.9. The first-order valence-corrected chi connectivity index (χ1v) is 7.06. The molecule has 2 aromatic carbocycles. The molecule has 0 aromatic heterocycles. The number of cyclic esters (lactones) is 1. The van der Waals surface area contributed by atoms with Crippen molar-refractivity contribution in [2.45, 2.75) is 10.9 Å². The number of benzene rings is 2. The van der Waals surface area contributed by atoms with Crippen LogP contribution in [0.3, 0.4) is 0 Å². The number of hydrogen-bond donors (Lipinski definition) is 0. The predicted molar refractivity (Wildman–Crippen MR) is 77.4 cm³/mol. The highest BCUT2D eigenvalue weighted by Gasteiger charge is 2.35. The second-order valence-electron chi connectivity index (χ2n) is 4.55. The fourth-order valence-corrected chi connectivity index (χ4v) is 3.00. The number of nitriles is 1. The first-order chi connectivity index (χ1) is 9.70. The summed E-state index contributed by atoms with van der Waals surface area (Å²) in [6.07, 6.45) is -0.341. The van der Waals surface area contributed by atoms with E-state index in [-0.39, 0.29) is 16.9 Å². The molecule has 0 fully saturated rings. The maximum Gasteiger partial charge on any atom is 0.339 e. The van der Waals surface area contributed by atoms with Crippen molar-refractivity contribution in [3.63, 3.8) is 0 Å². The second-order valence-corrected chi connectivity index (χ2v) is 5.54. The Morgan fingerprint density at radius 2 is 1.85 bits per heavy atom. The number of halogens is 1. The molecule has 0 N–H and O–H groups in total. The molecule has 3 rings (SSSR count). The zero-order chi connectivity index (χ0) is 14.1. The standard InChI is InChI=1S/C16H10BrNO2/c17-14(11-7-5-10(9-18)6-8-11)15-12-3-1-2-4-13(12)16(19)20-15/h1-8,14-15H/t14-,15+/m0/s1. The molecule has 0 amide bonds. The van der Waals surface area contributed by atoms with E-state index in [4.69, 9.17) is 10.00 Å². The van der Waals surface area contributed by atoms with Crippen molar-refractivity contribution in [2.24, 2.45) is 0 Å². The molecule has 0 spiro atoms. The molecule has 2 atom stereocenters. The van der Waals surface area contributed by atoms with Crippen LogP contribution in [-0.2, 0) is 4.74 Å². The molecule has 1 heterocycles. The largest absolute Gasteiger partial charge is 0.452 e. The van der Waals surface area contributed by atoms with Crippen LogP contribution in [0.5, 0.6) is 0 Å². The van der Waals surface area contributed by atoms with Gasteiger partial charge in [0.05, 0.1) is 22.0 Å². The minimum atomic E-state index is -0.341. The molecule has 0 unspecified atom stereocenters. The van der Waals surface area contributed by atoms with E-state index in [0.717, 1.165) is 11.1 Å². The monoisotopic (exact) mass is 327 g/mol. The van der Waals surface area contributed by atoms with Gasteiger partial charge in [-0.3, -0.25) is 0 Å². The van der Waals surface area contributed by atoms with E-state index < -0.39 is 0 Å². The van der Waals surface area contributed by atoms with Gasteiger partial charge in [0.2, 0.25) is 0 Å². The lowest BCUT2D eigenvalue weighted by atomic mass is 9.99. The fourth-order valence-electron chi connectivity index (χ4n) is 2.31. The molecule has 0 radical (unpaired) electrons. The van der Waals surface area contributed by atoms with Crippen LogP contribution in [0.1, 0.15) is 38.0 Å². The van der Waals surface area contributed by atoms with Crippen molar-refractivity contribution in [1.82, 2.24) is 0 Å². The molecule has 0 aliphatic carbocycles. The number of ether oxygens (including phenoxy) is 1. The lowest BCUT2D eigenvalue weighted by molar-refractivity contribution is 0.0384. The van der Waals surface area contributed by atoms with E-state index in [0.29, 0.717) is 11.1 Å². The molecule has 0 saturated carbocycles. The van der Waals surface area contributed by atoms with Crippen molar-refractivity contribution in [3.05, 3.63) is 70.8 Å². The van der Waals surface area contributed by atoms with Gasteiger partial charge >= 0.3 is 5.97 Å². The molecular formula is C16H10BrNO2. The van der Waals surface area contributed by atoms with Crippen LogP contribution in [-0.4, -0.2) is 5.97 Å². The number of carbonyl (C=O) groups is 1. The number of esters is 1. The van der Waals surface area contributed by atoms with Crippen LogP contribution in [0.25, 0.3) is 0 Å². The van der Waals surface area contributed by atoms with Crippen LogP contribution < -0.4 is 0 Å². The van der Waals surface area contributed by atoms with E-state index in [1.807, 2.05) is 30.3 Å². The second kappa shape index (κ2) is 5.10. The van der Waals surface area contributed by atoms with Crippen LogP contribution in [0.15, 0.2) is 48.5 Å². The zero-order valence-electron chi connectivity index (χ0n) is 10.4. The van der Waals surface area contributed by atoms with Gasteiger partial charge in [-0.2, -0.15) is 5.26 Å². The summed E-state index contributed by atoms with van der Waals surface area (Å²) in [4.78, 5) is 11.7. The SMILES string of the molecule is N#Cc1ccc([C@H](Br)[C@@H]2OC(=O)c3ccccc32)cc1. The summed E-state index contributed by atoms with van der Waals surface area (Å²) >= 11 is 3.60. The molecule has 0 saturated heterocycles. The summed E-state index contributed by atoms with van der Waals surface area (Å²) in [5.41, 5.74) is 3.09. The molecule has 3 nitrogen and oxygen atoms in total. The van der Waals surface area contributed by atoms with Gasteiger partial charge < -0.3 is 4.74 Å². The summed E-state index contributed by atoms with van der Waals surface area (Å²) in [6, 6.07) is 16.7. The number of alkyl halides is 1. The summed E-state index contributed by atoms with van der Waals surface area (Å²) < 4.78 is 5.45. The summed E-state index contributed by atoms with van der Waals surface area (Å²) in [5, 5.41) is 8.81. The average molecular weight is 328 g/mol. The average Bonchev–Trinajstić information content (AvgIpc) is 2.84. The lowest BCUT2D eigenvalue weighted by Crippen LogP contribution is -2.06. The van der Waals surface area contributed by atoms with Crippen LogP contribution in [0.2, 0.25) is 0 Å². The zero-order valence-corrected chi connectivity index (χ0v) is 12.0. The van der Waals surface area contributed by atoms with Gasteiger partial charge in [-0.25, -0.2) is 4.79 Å². The third-order valence-corrected chi connectivity index (χ3v) is 4.35. The topological polar surface area (TPSA) is 50.1 Å². The number of hydrogen-bond acceptors (Lipinski definition) is 3. The smallest absolute Gasteiger partial charge is 0.339 e. The minimum absolute atomic E-state index is 0.136. The van der Waals surface area contributed by atoms with Gasteiger partial charge in [0.25, 0.3) is 0 Å². The molecule has 4 heteroatoms. The molecule has 20 heavy (non-hydrogen) atoms. The van der Waals surface area contributed by atoms with Gasteiger partial charge in [-0.05, 0) is 23.8 Å². The quantitative estimate of drug-likeness (QED) is 0.620. The number of fused-ring (bicyclic) bond motifs is 1. The first-order valence-electron chi connectivity index (χ1n) is 6.15. The van der Waals surface area contributed by atoms with Crippen molar-refractivity contribution in [1.29, 1.82) is 5.26 Å². The van der Waals surface area contributed by atoms with Crippen molar-refractivity contribution >= 4 is 21.9 Å². The van der Waals surface area contributed by atoms with Gasteiger partial charge in [0, 0.05) is 5.56 Å². The van der Waals surface area contributed by atoms with Crippen LogP contribution in [0.4, 0.5) is 0 Å². The lowest BCUT2D eigenvalue weighted by Gasteiger charge is -2.18. The number of carbonyl (C=O) groups excluding carboxylic acids is 1. The van der Waals surface area contributed by atoms with Gasteiger partial charge in [0.15, 0.2) is 0 Å². The Bertz CT molecular complexity index is 703. The molecule has 2 aromatic rings. The Balaban J connectivity index is 1.94. The van der Waals surface area contributed by atoms with E-state index in [1.165, 1.54) is 0 Å². The van der Waals surface area contributed by atoms with Crippen LogP contribution in [0, 0.1) is 11.3 Å². The Kier molecular flexibility index (Phi) is 3.29. The molecule has 1 aliphatic heterocycles. The van der Waals surface area contributed by atoms with E-state index >= 15 is 0 Å². The highest BCUT2D eigenvalue weighted by Crippen LogP contribution is 2.44. The molecule has 1 aliphatic rings. The third kappa shape index (κ3) is 2.10. The van der Waals surface area contributed by atoms with Crippen molar-refractivity contribution in [2.75, 3.05) is 0 Å². The Hall–Kier alpha value is -2.12. The van der Waals surface area contributed by atoms with Crippen molar-refractivity contribution in [3.8, 4) is 6.07 Å². The highest BCUT2D eigenvalue weighted by atomic mass is 79.9. The van der Waals surface area contributed by atoms with Crippen molar-refractivity contribution < 1.29 is 9.53 Å². The Morgan fingerprint density at radius 1 is 1.15 bits per heavy atom. The summed E-state index contributed by atoms with van der Waals surface area (Å²) in [5.74, 6) is -0.288. The summed E-state index contributed by atoms with van der Waals surface area (Å²) in [6.45, 7) is 0. The normalized spacial score (nSPS) is 18.0. The molecule has 0 bridgehead atoms. The maximum atomic E-state index is 11.8. The van der Waals surface area contributed by atoms with Gasteiger partial charge in [0.1, 0.15) is 6.10 Å². The number of nitrogens with zero attached hydrogens (tertiary/aromatic N) is 1. The minimum Gasteiger partial charge on any atom is -0.452 e. The Morgan fingerprint density at radius 3 is 2.55 bits per heavy atom. The number of rotatable bonds is 2. The highest BCUT2D eigenvalue weighted by molar-refractivity contribution is 9.09. The fraction of sp³-hybridized carbons (Fsp3) is 0.125. The van der Waals surface area contributed by atoms with Gasteiger partial charge in [-0.1, -0.05) is 46.3 Å². The predicted octanol–water partition coefficient (Wildman–Crippen LogP) is 3.91. The van der Waals surface area contributed by atoms with E-state index in [2.05, 4.69) is 22.0 Å². The van der Waals surface area contributed by atoms with Crippen LogP contribution >= 0.6 is 15.9 Å². The summed E-state index contributed by atoms with van der Waals surface area (Å²) in [7, 11) is 0. The van der Waals surface area contributed by atoms with E-state index in [1.54, 1.807) is 18.2 Å². The Labute approximate surface area is 124 Å². The van der Waals surface area contributed by atoms with E-state index in [9.17, 15) is 4.79 Å². The third-order valence-electron chi connectivity index (χ3n) is 3.35. The molecular weight excluding hydrogens is 318 g/mol. The maximum absolute atomic E-state index is 11.8.